The molecular formula is C16H23FN2O3. The Balaban J connectivity index is 2.08. The van der Waals surface area contributed by atoms with Crippen molar-refractivity contribution in [3.8, 4) is 5.75 Å². The van der Waals surface area contributed by atoms with Gasteiger partial charge in [0.2, 0.25) is 0 Å². The van der Waals surface area contributed by atoms with E-state index in [0.717, 1.165) is 19.4 Å². The van der Waals surface area contributed by atoms with E-state index in [2.05, 4.69) is 10.6 Å². The molecule has 6 heteroatoms. The molecule has 0 spiro atoms. The van der Waals surface area contributed by atoms with E-state index in [-0.39, 0.29) is 6.10 Å². The Morgan fingerprint density at radius 2 is 2.18 bits per heavy atom. The smallest absolute Gasteiger partial charge is 0.412 e. The van der Waals surface area contributed by atoms with Crippen molar-refractivity contribution in [1.29, 1.82) is 0 Å². The van der Waals surface area contributed by atoms with Crippen molar-refractivity contribution in [2.45, 2.75) is 45.3 Å². The van der Waals surface area contributed by atoms with Gasteiger partial charge in [-0.2, -0.15) is 0 Å². The summed E-state index contributed by atoms with van der Waals surface area (Å²) in [5, 5.41) is 5.84. The molecule has 1 saturated heterocycles. The first-order valence-corrected chi connectivity index (χ1v) is 7.50. The lowest BCUT2D eigenvalue weighted by atomic mass is 10.1. The average molecular weight is 310 g/mol. The normalized spacial score (nSPS) is 18.6. The molecule has 2 rings (SSSR count). The van der Waals surface area contributed by atoms with Gasteiger partial charge in [0.25, 0.3) is 0 Å². The fraction of sp³-hybridized carbons (Fsp3) is 0.562. The van der Waals surface area contributed by atoms with E-state index < -0.39 is 17.5 Å². The summed E-state index contributed by atoms with van der Waals surface area (Å²) in [6.07, 6.45) is 1.28. The van der Waals surface area contributed by atoms with E-state index in [0.29, 0.717) is 18.0 Å². The predicted molar refractivity (Wildman–Crippen MR) is 82.8 cm³/mol. The van der Waals surface area contributed by atoms with Crippen LogP contribution < -0.4 is 15.4 Å². The zero-order valence-corrected chi connectivity index (χ0v) is 13.2. The summed E-state index contributed by atoms with van der Waals surface area (Å²) in [6, 6.07) is 4.03. The largest absolute Gasteiger partial charge is 0.487 e. The van der Waals surface area contributed by atoms with Crippen LogP contribution in [0.1, 0.15) is 33.6 Å². The van der Waals surface area contributed by atoms with Crippen LogP contribution in [0.3, 0.4) is 0 Å². The molecule has 1 aromatic rings. The van der Waals surface area contributed by atoms with Crippen LogP contribution in [0.2, 0.25) is 0 Å². The number of ether oxygens (including phenoxy) is 2. The number of rotatable bonds is 3. The van der Waals surface area contributed by atoms with Crippen LogP contribution in [0, 0.1) is 5.82 Å². The summed E-state index contributed by atoms with van der Waals surface area (Å²) in [7, 11) is 0. The number of amides is 1. The first-order valence-electron chi connectivity index (χ1n) is 7.50. The fourth-order valence-corrected chi connectivity index (χ4v) is 2.21. The van der Waals surface area contributed by atoms with Gasteiger partial charge in [0.05, 0.1) is 5.69 Å². The fourth-order valence-electron chi connectivity index (χ4n) is 2.21. The Morgan fingerprint density at radius 1 is 1.41 bits per heavy atom. The molecule has 122 valence electrons. The van der Waals surface area contributed by atoms with Gasteiger partial charge in [0.15, 0.2) is 0 Å². The summed E-state index contributed by atoms with van der Waals surface area (Å²) in [6.45, 7) is 7.02. The van der Waals surface area contributed by atoms with Crippen LogP contribution in [-0.2, 0) is 4.74 Å². The molecule has 1 atom stereocenters. The molecule has 0 saturated carbocycles. The Labute approximate surface area is 130 Å². The van der Waals surface area contributed by atoms with Crippen molar-refractivity contribution in [3.05, 3.63) is 24.0 Å². The molecule has 1 heterocycles. The number of halogens is 1. The summed E-state index contributed by atoms with van der Waals surface area (Å²) in [5.74, 6) is -0.0898. The molecule has 1 amide bonds. The van der Waals surface area contributed by atoms with Gasteiger partial charge < -0.3 is 14.8 Å². The zero-order chi connectivity index (χ0) is 16.2. The zero-order valence-electron chi connectivity index (χ0n) is 13.2. The Kier molecular flexibility index (Phi) is 5.24. The lowest BCUT2D eigenvalue weighted by Crippen LogP contribution is -2.37. The van der Waals surface area contributed by atoms with Gasteiger partial charge in [-0.15, -0.1) is 0 Å². The number of piperidine rings is 1. The maximum Gasteiger partial charge on any atom is 0.412 e. The SMILES string of the molecule is CC(C)(C)OC(=O)Nc1ccc(F)cc1OC1CCCNC1. The minimum absolute atomic E-state index is 0.0327. The second-order valence-corrected chi connectivity index (χ2v) is 6.35. The third-order valence-corrected chi connectivity index (χ3v) is 3.12. The summed E-state index contributed by atoms with van der Waals surface area (Å²) < 4.78 is 24.5. The first kappa shape index (κ1) is 16.5. The minimum atomic E-state index is -0.599. The number of hydrogen-bond donors (Lipinski definition) is 2. The van der Waals surface area contributed by atoms with Crippen molar-refractivity contribution < 1.29 is 18.7 Å². The second-order valence-electron chi connectivity index (χ2n) is 6.35. The number of benzene rings is 1. The molecule has 1 fully saturated rings. The second kappa shape index (κ2) is 6.96. The van der Waals surface area contributed by atoms with Crippen LogP contribution in [-0.4, -0.2) is 30.9 Å². The lowest BCUT2D eigenvalue weighted by molar-refractivity contribution is 0.0634. The monoisotopic (exact) mass is 310 g/mol. The van der Waals surface area contributed by atoms with Crippen LogP contribution in [0.15, 0.2) is 18.2 Å². The van der Waals surface area contributed by atoms with E-state index in [4.69, 9.17) is 9.47 Å². The minimum Gasteiger partial charge on any atom is -0.487 e. The summed E-state index contributed by atoms with van der Waals surface area (Å²) in [5.41, 5.74) is -0.195. The van der Waals surface area contributed by atoms with Crippen molar-refractivity contribution in [2.24, 2.45) is 0 Å². The molecule has 5 nitrogen and oxygen atoms in total. The molecule has 22 heavy (non-hydrogen) atoms. The van der Waals surface area contributed by atoms with Crippen LogP contribution in [0.25, 0.3) is 0 Å². The van der Waals surface area contributed by atoms with Gasteiger partial charge in [-0.05, 0) is 52.3 Å². The van der Waals surface area contributed by atoms with Gasteiger partial charge in [-0.1, -0.05) is 0 Å². The quantitative estimate of drug-likeness (QED) is 0.899. The van der Waals surface area contributed by atoms with Crippen LogP contribution in [0.5, 0.6) is 5.75 Å². The lowest BCUT2D eigenvalue weighted by Gasteiger charge is -2.25. The number of nitrogens with one attached hydrogen (secondary N) is 2. The standard InChI is InChI=1S/C16H23FN2O3/c1-16(2,3)22-15(20)19-13-7-6-11(17)9-14(13)21-12-5-4-8-18-10-12/h6-7,9,12,18H,4-5,8,10H2,1-3H3,(H,19,20). The molecule has 1 aliphatic heterocycles. The van der Waals surface area contributed by atoms with E-state index in [1.807, 2.05) is 0 Å². The number of anilines is 1. The third kappa shape index (κ3) is 5.18. The molecule has 0 aromatic heterocycles. The number of carbonyl (C=O) groups excluding carboxylic acids is 1. The molecule has 1 aliphatic rings. The van der Waals surface area contributed by atoms with E-state index in [1.54, 1.807) is 20.8 Å². The maximum absolute atomic E-state index is 13.5. The third-order valence-electron chi connectivity index (χ3n) is 3.12. The molecule has 2 N–H and O–H groups in total. The predicted octanol–water partition coefficient (Wildman–Crippen LogP) is 3.30. The van der Waals surface area contributed by atoms with Crippen molar-refractivity contribution >= 4 is 11.8 Å². The highest BCUT2D eigenvalue weighted by molar-refractivity contribution is 5.86. The van der Waals surface area contributed by atoms with Gasteiger partial charge in [0.1, 0.15) is 23.3 Å². The first-order chi connectivity index (χ1) is 10.3. The van der Waals surface area contributed by atoms with E-state index >= 15 is 0 Å². The van der Waals surface area contributed by atoms with Crippen molar-refractivity contribution in [3.63, 3.8) is 0 Å². The van der Waals surface area contributed by atoms with Crippen LogP contribution in [0.4, 0.5) is 14.9 Å². The van der Waals surface area contributed by atoms with Gasteiger partial charge >= 0.3 is 6.09 Å². The Bertz CT molecular complexity index is 523. The Hall–Kier alpha value is -1.82. The van der Waals surface area contributed by atoms with Gasteiger partial charge in [-0.3, -0.25) is 5.32 Å². The molecule has 0 radical (unpaired) electrons. The highest BCUT2D eigenvalue weighted by atomic mass is 19.1. The van der Waals surface area contributed by atoms with Gasteiger partial charge in [0, 0.05) is 12.6 Å². The number of carbonyl (C=O) groups is 1. The van der Waals surface area contributed by atoms with Crippen molar-refractivity contribution in [2.75, 3.05) is 18.4 Å². The molecule has 0 bridgehead atoms. The highest BCUT2D eigenvalue weighted by Crippen LogP contribution is 2.28. The Morgan fingerprint density at radius 3 is 2.82 bits per heavy atom. The summed E-state index contributed by atoms with van der Waals surface area (Å²) >= 11 is 0. The van der Waals surface area contributed by atoms with Gasteiger partial charge in [-0.25, -0.2) is 9.18 Å². The molecule has 1 aromatic carbocycles. The average Bonchev–Trinajstić information content (AvgIpc) is 2.41. The molecule has 0 aliphatic carbocycles. The summed E-state index contributed by atoms with van der Waals surface area (Å²) in [4.78, 5) is 11.9. The van der Waals surface area contributed by atoms with Crippen LogP contribution >= 0.6 is 0 Å². The topological polar surface area (TPSA) is 59.6 Å². The number of hydrogen-bond acceptors (Lipinski definition) is 4. The van der Waals surface area contributed by atoms with E-state index in [1.165, 1.54) is 18.2 Å². The molecular weight excluding hydrogens is 287 g/mol. The van der Waals surface area contributed by atoms with Crippen molar-refractivity contribution in [1.82, 2.24) is 5.32 Å². The molecule has 1 unspecified atom stereocenters. The maximum atomic E-state index is 13.5. The van der Waals surface area contributed by atoms with E-state index in [9.17, 15) is 9.18 Å². The highest BCUT2D eigenvalue weighted by Gasteiger charge is 2.20.